The molecule has 0 atom stereocenters. The van der Waals surface area contributed by atoms with Crippen LogP contribution in [0, 0.1) is 0 Å². The first-order chi connectivity index (χ1) is 10.6. The predicted molar refractivity (Wildman–Crippen MR) is 85.4 cm³/mol. The molecular formula is C17H18N2O3. The summed E-state index contributed by atoms with van der Waals surface area (Å²) in [7, 11) is 0. The minimum atomic E-state index is -0.291. The van der Waals surface area contributed by atoms with Crippen molar-refractivity contribution in [2.75, 3.05) is 6.61 Å². The Morgan fingerprint density at radius 3 is 2.27 bits per heavy atom. The maximum atomic E-state index is 12.0. The van der Waals surface area contributed by atoms with Crippen LogP contribution in [0.5, 0.6) is 11.5 Å². The minimum absolute atomic E-state index is 0.190. The average Bonchev–Trinajstić information content (AvgIpc) is 2.54. The summed E-state index contributed by atoms with van der Waals surface area (Å²) in [6.45, 7) is 4.27. The van der Waals surface area contributed by atoms with E-state index >= 15 is 0 Å². The fourth-order valence-corrected chi connectivity index (χ4v) is 1.84. The molecule has 0 aliphatic carbocycles. The van der Waals surface area contributed by atoms with E-state index in [9.17, 15) is 9.90 Å². The number of hydrogen-bond donors (Lipinski definition) is 2. The fourth-order valence-electron chi connectivity index (χ4n) is 1.84. The van der Waals surface area contributed by atoms with E-state index in [1.165, 1.54) is 0 Å². The van der Waals surface area contributed by atoms with Crippen LogP contribution in [0.25, 0.3) is 0 Å². The lowest BCUT2D eigenvalue weighted by Crippen LogP contribution is -2.19. The Bertz CT molecular complexity index is 661. The molecule has 0 aliphatic heterocycles. The first-order valence-corrected chi connectivity index (χ1v) is 6.97. The van der Waals surface area contributed by atoms with Gasteiger partial charge in [0.15, 0.2) is 0 Å². The lowest BCUT2D eigenvalue weighted by atomic mass is 10.1. The Labute approximate surface area is 129 Å². The van der Waals surface area contributed by atoms with Crippen molar-refractivity contribution in [2.45, 2.75) is 13.8 Å². The highest BCUT2D eigenvalue weighted by Crippen LogP contribution is 2.12. The highest BCUT2D eigenvalue weighted by atomic mass is 16.5. The van der Waals surface area contributed by atoms with Crippen LogP contribution in [0.1, 0.15) is 29.8 Å². The maximum Gasteiger partial charge on any atom is 0.271 e. The third kappa shape index (κ3) is 4.09. The Hall–Kier alpha value is -2.82. The Balaban J connectivity index is 2.01. The van der Waals surface area contributed by atoms with Crippen molar-refractivity contribution in [3.05, 3.63) is 59.7 Å². The van der Waals surface area contributed by atoms with Crippen molar-refractivity contribution in [1.82, 2.24) is 5.43 Å². The van der Waals surface area contributed by atoms with Crippen molar-refractivity contribution in [1.29, 1.82) is 0 Å². The zero-order chi connectivity index (χ0) is 15.9. The molecule has 0 aromatic heterocycles. The van der Waals surface area contributed by atoms with Crippen LogP contribution in [0.4, 0.5) is 0 Å². The monoisotopic (exact) mass is 298 g/mol. The van der Waals surface area contributed by atoms with Crippen LogP contribution in [0.3, 0.4) is 0 Å². The Kier molecular flexibility index (Phi) is 5.14. The molecule has 0 radical (unpaired) electrons. The number of rotatable bonds is 5. The summed E-state index contributed by atoms with van der Waals surface area (Å²) in [5.74, 6) is 0.624. The molecule has 2 aromatic carbocycles. The molecule has 5 heteroatoms. The lowest BCUT2D eigenvalue weighted by Gasteiger charge is -2.05. The molecule has 1 amide bonds. The van der Waals surface area contributed by atoms with E-state index < -0.39 is 0 Å². The van der Waals surface area contributed by atoms with Gasteiger partial charge in [-0.25, -0.2) is 5.43 Å². The van der Waals surface area contributed by atoms with Crippen LogP contribution < -0.4 is 10.2 Å². The summed E-state index contributed by atoms with van der Waals surface area (Å²) in [6.07, 6.45) is 0. The van der Waals surface area contributed by atoms with Gasteiger partial charge in [-0.3, -0.25) is 4.79 Å². The Morgan fingerprint density at radius 2 is 1.68 bits per heavy atom. The second-order valence-electron chi connectivity index (χ2n) is 4.64. The van der Waals surface area contributed by atoms with E-state index in [1.807, 2.05) is 6.92 Å². The van der Waals surface area contributed by atoms with Gasteiger partial charge < -0.3 is 9.84 Å². The zero-order valence-electron chi connectivity index (χ0n) is 12.5. The highest BCUT2D eigenvalue weighted by molar-refractivity contribution is 6.00. The first kappa shape index (κ1) is 15.6. The number of carbonyl (C=O) groups excluding carboxylic acids is 1. The molecule has 2 aromatic rings. The molecule has 0 fully saturated rings. The van der Waals surface area contributed by atoms with Crippen LogP contribution in [0.2, 0.25) is 0 Å². The van der Waals surface area contributed by atoms with Crippen molar-refractivity contribution >= 4 is 11.6 Å². The van der Waals surface area contributed by atoms with Gasteiger partial charge in [-0.2, -0.15) is 5.10 Å². The number of nitrogens with one attached hydrogen (secondary N) is 1. The normalized spacial score (nSPS) is 11.1. The number of phenolic OH excluding ortho intramolecular Hbond substituents is 1. The van der Waals surface area contributed by atoms with Gasteiger partial charge in [-0.05, 0) is 67.9 Å². The van der Waals surface area contributed by atoms with Gasteiger partial charge in [0.25, 0.3) is 5.91 Å². The predicted octanol–water partition coefficient (Wildman–Crippen LogP) is 2.94. The minimum Gasteiger partial charge on any atom is -0.508 e. The van der Waals surface area contributed by atoms with Crippen molar-refractivity contribution in [2.24, 2.45) is 5.10 Å². The van der Waals surface area contributed by atoms with Gasteiger partial charge in [0, 0.05) is 5.56 Å². The number of ether oxygens (including phenoxy) is 1. The molecule has 22 heavy (non-hydrogen) atoms. The average molecular weight is 298 g/mol. The highest BCUT2D eigenvalue weighted by Gasteiger charge is 2.05. The number of hydrogen-bond acceptors (Lipinski definition) is 4. The van der Waals surface area contributed by atoms with E-state index in [0.29, 0.717) is 17.9 Å². The molecule has 0 saturated heterocycles. The number of nitrogens with zero attached hydrogens (tertiary/aromatic N) is 1. The van der Waals surface area contributed by atoms with Crippen LogP contribution in [-0.2, 0) is 0 Å². The molecule has 114 valence electrons. The molecule has 0 heterocycles. The number of phenols is 1. The third-order valence-electron chi connectivity index (χ3n) is 3.04. The van der Waals surface area contributed by atoms with Crippen LogP contribution in [0.15, 0.2) is 53.6 Å². The maximum absolute atomic E-state index is 12.0. The zero-order valence-corrected chi connectivity index (χ0v) is 12.5. The first-order valence-electron chi connectivity index (χ1n) is 6.97. The molecule has 0 aliphatic rings. The smallest absolute Gasteiger partial charge is 0.271 e. The second kappa shape index (κ2) is 7.26. The lowest BCUT2D eigenvalue weighted by molar-refractivity contribution is 0.0955. The number of carbonyl (C=O) groups is 1. The van der Waals surface area contributed by atoms with E-state index in [4.69, 9.17) is 4.74 Å². The fraction of sp³-hybridized carbons (Fsp3) is 0.176. The van der Waals surface area contributed by atoms with Gasteiger partial charge in [0.2, 0.25) is 0 Å². The topological polar surface area (TPSA) is 70.9 Å². The summed E-state index contributed by atoms with van der Waals surface area (Å²) in [6, 6.07) is 13.5. The van der Waals surface area contributed by atoms with Gasteiger partial charge in [-0.15, -0.1) is 0 Å². The molecular weight excluding hydrogens is 280 g/mol. The molecule has 5 nitrogen and oxygen atoms in total. The summed E-state index contributed by atoms with van der Waals surface area (Å²) in [5, 5.41) is 13.3. The number of hydrazone groups is 1. The van der Waals surface area contributed by atoms with E-state index in [-0.39, 0.29) is 11.7 Å². The van der Waals surface area contributed by atoms with Crippen LogP contribution >= 0.6 is 0 Å². The number of benzene rings is 2. The summed E-state index contributed by atoms with van der Waals surface area (Å²) < 4.78 is 5.33. The Morgan fingerprint density at radius 1 is 1.09 bits per heavy atom. The van der Waals surface area contributed by atoms with Crippen molar-refractivity contribution in [3.8, 4) is 11.5 Å². The van der Waals surface area contributed by atoms with Crippen LogP contribution in [-0.4, -0.2) is 23.3 Å². The summed E-state index contributed by atoms with van der Waals surface area (Å²) in [5.41, 5.74) is 4.49. The van der Waals surface area contributed by atoms with E-state index in [1.54, 1.807) is 55.5 Å². The van der Waals surface area contributed by atoms with E-state index in [2.05, 4.69) is 10.5 Å². The van der Waals surface area contributed by atoms with Crippen molar-refractivity contribution in [3.63, 3.8) is 0 Å². The number of amides is 1. The molecule has 0 bridgehead atoms. The number of aromatic hydroxyl groups is 1. The largest absolute Gasteiger partial charge is 0.508 e. The SMILES string of the molecule is CCOc1ccc(C(=O)NN=C(C)c2ccc(O)cc2)cc1. The van der Waals surface area contributed by atoms with Gasteiger partial charge >= 0.3 is 0 Å². The van der Waals surface area contributed by atoms with E-state index in [0.717, 1.165) is 11.3 Å². The van der Waals surface area contributed by atoms with Crippen molar-refractivity contribution < 1.29 is 14.6 Å². The molecule has 0 unspecified atom stereocenters. The molecule has 2 N–H and O–H groups in total. The molecule has 0 spiro atoms. The quantitative estimate of drug-likeness (QED) is 0.658. The third-order valence-corrected chi connectivity index (χ3v) is 3.04. The van der Waals surface area contributed by atoms with Gasteiger partial charge in [0.1, 0.15) is 11.5 Å². The second-order valence-corrected chi connectivity index (χ2v) is 4.64. The van der Waals surface area contributed by atoms with Gasteiger partial charge in [0.05, 0.1) is 12.3 Å². The van der Waals surface area contributed by atoms with Gasteiger partial charge in [-0.1, -0.05) is 0 Å². The standard InChI is InChI=1S/C17H18N2O3/c1-3-22-16-10-6-14(7-11-16)17(21)19-18-12(2)13-4-8-15(20)9-5-13/h4-11,20H,3H2,1-2H3,(H,19,21). The molecule has 0 saturated carbocycles. The summed E-state index contributed by atoms with van der Waals surface area (Å²) >= 11 is 0. The summed E-state index contributed by atoms with van der Waals surface area (Å²) in [4.78, 5) is 12.0. The molecule has 2 rings (SSSR count).